The zero-order valence-corrected chi connectivity index (χ0v) is 37.9. The van der Waals surface area contributed by atoms with Crippen LogP contribution < -0.4 is 0 Å². The summed E-state index contributed by atoms with van der Waals surface area (Å²) in [5.74, 6) is 0.953. The summed E-state index contributed by atoms with van der Waals surface area (Å²) in [5.41, 5.74) is 0. The van der Waals surface area contributed by atoms with Gasteiger partial charge in [0.15, 0.2) is 0 Å². The van der Waals surface area contributed by atoms with E-state index in [1.54, 1.807) is 0 Å². The Bertz CT molecular complexity index is 805. The minimum absolute atomic E-state index is 0. The maximum Gasteiger partial charge on any atom is 5.00 e. The molecule has 4 heterocycles. The largest absolute Gasteiger partial charge is 5.00 e. The van der Waals surface area contributed by atoms with Crippen LogP contribution in [0.2, 0.25) is 0 Å². The van der Waals surface area contributed by atoms with Gasteiger partial charge < -0.3 is 48.0 Å². The second-order valence-electron chi connectivity index (χ2n) is 16.7. The molecule has 9 nitrogen and oxygen atoms in total. The van der Waals surface area contributed by atoms with Crippen molar-refractivity contribution in [2.45, 2.75) is 229 Å². The van der Waals surface area contributed by atoms with Crippen molar-refractivity contribution in [1.29, 1.82) is 0 Å². The number of allylic oxidation sites excluding steroid dienone is 2. The van der Waals surface area contributed by atoms with Gasteiger partial charge in [0.1, 0.15) is 0 Å². The van der Waals surface area contributed by atoms with Crippen LogP contribution in [0.3, 0.4) is 0 Å². The molecule has 0 amide bonds. The van der Waals surface area contributed by atoms with Gasteiger partial charge in [-0.2, -0.15) is 0 Å². The Hall–Kier alpha value is 0.0468. The maximum absolute atomic E-state index is 4.83. The summed E-state index contributed by atoms with van der Waals surface area (Å²) in [4.78, 5) is 0. The van der Waals surface area contributed by atoms with Crippen LogP contribution in [0.1, 0.15) is 186 Å². The molecule has 2 N–H and O–H groups in total. The number of nitrogens with zero attached hydrogens (tertiary/aromatic N) is 8. The number of hydrogen-bond donors (Lipinski definition) is 0. The normalized spacial score (nSPS) is 28.1. The van der Waals surface area contributed by atoms with Crippen molar-refractivity contribution in [2.24, 2.45) is 0 Å². The minimum Gasteiger partial charge on any atom is -0.701 e. The average Bonchev–Trinajstić information content (AvgIpc) is 3.22. The van der Waals surface area contributed by atoms with E-state index in [0.717, 1.165) is 32.0 Å². The van der Waals surface area contributed by atoms with Crippen molar-refractivity contribution in [3.8, 4) is 0 Å². The van der Waals surface area contributed by atoms with Gasteiger partial charge in [-0.25, -0.2) is 18.5 Å². The van der Waals surface area contributed by atoms with Crippen molar-refractivity contribution < 1.29 is 44.4 Å². The van der Waals surface area contributed by atoms with Gasteiger partial charge in [0.25, 0.3) is 0 Å². The van der Waals surface area contributed by atoms with Gasteiger partial charge in [0, 0.05) is 0 Å². The SMILES string of the molecule is C1=CC[N-]C([N-]C2CCCCC2)=C1.C1CCC([N-]C2CCCC[N-]2)CC1.C1CCC([N-]C2CCCC[N-]2)CC1.C1CCC([N-]C2CCCC[N-]2)CC1.O.[Ru+4].[Ru+5]. The van der Waals surface area contributed by atoms with E-state index in [9.17, 15) is 0 Å². The van der Waals surface area contributed by atoms with Crippen molar-refractivity contribution in [3.63, 3.8) is 0 Å². The molecule has 0 aromatic carbocycles. The van der Waals surface area contributed by atoms with Crippen LogP contribution >= 0.6 is 0 Å². The zero-order valence-electron chi connectivity index (χ0n) is 34.4. The Morgan fingerprint density at radius 2 is 0.745 bits per heavy atom. The molecule has 7 fully saturated rings. The first-order valence-corrected chi connectivity index (χ1v) is 22.6. The van der Waals surface area contributed by atoms with Crippen molar-refractivity contribution in [2.75, 3.05) is 26.2 Å². The van der Waals surface area contributed by atoms with Crippen LogP contribution in [0.25, 0.3) is 42.5 Å². The topological polar surface area (TPSA) is 144 Å². The van der Waals surface area contributed by atoms with E-state index in [1.165, 1.54) is 186 Å². The summed E-state index contributed by atoms with van der Waals surface area (Å²) in [5, 5.41) is 37.1. The van der Waals surface area contributed by atoms with E-state index in [1.807, 2.05) is 6.08 Å². The van der Waals surface area contributed by atoms with E-state index in [0.29, 0.717) is 42.7 Å². The number of piperidine rings is 3. The van der Waals surface area contributed by atoms with Gasteiger partial charge in [-0.15, -0.1) is 56.4 Å². The van der Waals surface area contributed by atoms with Crippen LogP contribution in [-0.2, 0) is 39.0 Å². The van der Waals surface area contributed by atoms with E-state index in [2.05, 4.69) is 38.7 Å². The van der Waals surface area contributed by atoms with Crippen LogP contribution in [-0.4, -0.2) is 74.3 Å². The molecule has 0 bridgehead atoms. The molecule has 4 saturated carbocycles. The summed E-state index contributed by atoms with van der Waals surface area (Å²) < 4.78 is 0. The molecular formula is C44H78N8ORu2+. The van der Waals surface area contributed by atoms with Gasteiger partial charge >= 0.3 is 39.0 Å². The molecule has 3 atom stereocenters. The fraction of sp³-hybridized carbons (Fsp3) is 0.909. The van der Waals surface area contributed by atoms with Crippen molar-refractivity contribution in [1.82, 2.24) is 0 Å². The smallest absolute Gasteiger partial charge is 0.701 e. The zero-order chi connectivity index (χ0) is 35.7. The number of rotatable bonds is 8. The van der Waals surface area contributed by atoms with Gasteiger partial charge in [0.2, 0.25) is 0 Å². The summed E-state index contributed by atoms with van der Waals surface area (Å²) >= 11 is 0. The second kappa shape index (κ2) is 32.8. The van der Waals surface area contributed by atoms with Crippen LogP contribution in [0.15, 0.2) is 24.0 Å². The fourth-order valence-electron chi connectivity index (χ4n) is 8.99. The molecule has 4 aliphatic heterocycles. The summed E-state index contributed by atoms with van der Waals surface area (Å²) in [7, 11) is 0. The standard InChI is InChI=1S/3C11H20N2.C11H16N2.H2O.2Ru/c4*1-2-6-10(7-3-1)13-11-8-4-5-9-12-11;;;/h3*10-11H,1-9H2;4-5,8,10H,1-3,6-7,9H2;1H2;;/q4*-2;;+4;+5. The van der Waals surface area contributed by atoms with Crippen molar-refractivity contribution >= 4 is 0 Å². The van der Waals surface area contributed by atoms with E-state index in [4.69, 9.17) is 16.0 Å². The predicted molar refractivity (Wildman–Crippen MR) is 228 cm³/mol. The van der Waals surface area contributed by atoms with Crippen LogP contribution in [0.4, 0.5) is 0 Å². The molecule has 3 unspecified atom stereocenters. The molecule has 11 heteroatoms. The third-order valence-corrected chi connectivity index (χ3v) is 12.1. The first-order valence-electron chi connectivity index (χ1n) is 22.6. The first kappa shape index (κ1) is 51.2. The molecule has 4 aliphatic carbocycles. The van der Waals surface area contributed by atoms with Crippen LogP contribution in [0.5, 0.6) is 0 Å². The molecule has 315 valence electrons. The second-order valence-corrected chi connectivity index (χ2v) is 16.7. The fourth-order valence-corrected chi connectivity index (χ4v) is 8.99. The molecule has 0 aromatic rings. The molecule has 3 saturated heterocycles. The Morgan fingerprint density at radius 3 is 1.04 bits per heavy atom. The molecule has 8 rings (SSSR count). The monoisotopic (exact) mass is 938 g/mol. The van der Waals surface area contributed by atoms with Gasteiger partial charge in [-0.05, 0) is 0 Å². The Balaban J connectivity index is 0.000000249. The van der Waals surface area contributed by atoms with E-state index in [-0.39, 0.29) is 44.4 Å². The third-order valence-electron chi connectivity index (χ3n) is 12.1. The van der Waals surface area contributed by atoms with Gasteiger partial charge in [-0.3, -0.25) is 5.82 Å². The minimum atomic E-state index is 0. The third kappa shape index (κ3) is 22.8. The quantitative estimate of drug-likeness (QED) is 0.214. The van der Waals surface area contributed by atoms with Crippen LogP contribution in [0, 0.1) is 0 Å². The molecule has 0 spiro atoms. The molecule has 1 radical (unpaired) electrons. The Kier molecular flexibility index (Phi) is 30.6. The maximum atomic E-state index is 4.83. The summed E-state index contributed by atoms with van der Waals surface area (Å²) in [6.07, 6.45) is 45.9. The predicted octanol–water partition coefficient (Wildman–Crippen LogP) is 13.4. The Labute approximate surface area is 364 Å². The average molecular weight is 937 g/mol. The van der Waals surface area contributed by atoms with E-state index >= 15 is 0 Å². The van der Waals surface area contributed by atoms with Gasteiger partial charge in [0.05, 0.1) is 0 Å². The molecule has 55 heavy (non-hydrogen) atoms. The first-order chi connectivity index (χ1) is 25.8. The van der Waals surface area contributed by atoms with E-state index < -0.39 is 0 Å². The number of hydrogen-bond acceptors (Lipinski definition) is 0. The Morgan fingerprint density at radius 1 is 0.418 bits per heavy atom. The molecule has 0 aromatic heterocycles. The van der Waals surface area contributed by atoms with Crippen molar-refractivity contribution in [3.05, 3.63) is 66.6 Å². The molecular weight excluding hydrogens is 859 g/mol. The van der Waals surface area contributed by atoms with Gasteiger partial charge in [-0.1, -0.05) is 198 Å². The summed E-state index contributed by atoms with van der Waals surface area (Å²) in [6, 6.07) is 2.51. The summed E-state index contributed by atoms with van der Waals surface area (Å²) in [6.45, 7) is 3.98. The molecule has 8 aliphatic rings.